The van der Waals surface area contributed by atoms with Crippen LogP contribution in [0.3, 0.4) is 0 Å². The number of hydrogen-bond donors (Lipinski definition) is 1. The molecule has 1 aliphatic carbocycles. The molecule has 0 aromatic carbocycles. The Morgan fingerprint density at radius 3 is 2.55 bits per heavy atom. The highest BCUT2D eigenvalue weighted by Gasteiger charge is 2.28. The molecule has 2 rings (SSSR count). The van der Waals surface area contributed by atoms with Crippen molar-refractivity contribution in [3.63, 3.8) is 0 Å². The van der Waals surface area contributed by atoms with Crippen LogP contribution in [0.5, 0.6) is 0 Å². The van der Waals surface area contributed by atoms with Crippen LogP contribution < -0.4 is 5.73 Å². The van der Waals surface area contributed by atoms with Crippen LogP contribution in [0.4, 0.5) is 5.82 Å². The van der Waals surface area contributed by atoms with Crippen molar-refractivity contribution in [2.75, 3.05) is 5.73 Å². The van der Waals surface area contributed by atoms with Crippen molar-refractivity contribution < 1.29 is 4.52 Å². The predicted octanol–water partition coefficient (Wildman–Crippen LogP) is 4.92. The summed E-state index contributed by atoms with van der Waals surface area (Å²) in [6, 6.07) is 0. The Morgan fingerprint density at radius 2 is 1.95 bits per heavy atom. The molecule has 1 heterocycles. The summed E-state index contributed by atoms with van der Waals surface area (Å²) >= 11 is 0. The molecule has 1 aliphatic rings. The topological polar surface area (TPSA) is 52.0 Å². The lowest BCUT2D eigenvalue weighted by Gasteiger charge is -2.27. The Labute approximate surface area is 123 Å². The molecule has 0 spiro atoms. The Hall–Kier alpha value is -0.990. The fourth-order valence-corrected chi connectivity index (χ4v) is 3.48. The number of anilines is 1. The lowest BCUT2D eigenvalue weighted by atomic mass is 9.78. The Balaban J connectivity index is 1.96. The van der Waals surface area contributed by atoms with Gasteiger partial charge in [-0.3, -0.25) is 0 Å². The van der Waals surface area contributed by atoms with Crippen molar-refractivity contribution >= 4 is 5.82 Å². The normalized spacial score (nSPS) is 23.4. The molecule has 20 heavy (non-hydrogen) atoms. The number of nitrogens with zero attached hydrogens (tertiary/aromatic N) is 1. The van der Waals surface area contributed by atoms with Crippen LogP contribution in [0, 0.1) is 11.8 Å². The molecule has 0 saturated heterocycles. The van der Waals surface area contributed by atoms with Crippen LogP contribution in [0.25, 0.3) is 0 Å². The molecule has 0 unspecified atom stereocenters. The smallest absolute Gasteiger partial charge is 0.170 e. The van der Waals surface area contributed by atoms with Gasteiger partial charge in [0.1, 0.15) is 5.76 Å². The predicted molar refractivity (Wildman–Crippen MR) is 83.7 cm³/mol. The van der Waals surface area contributed by atoms with E-state index in [1.54, 1.807) is 0 Å². The van der Waals surface area contributed by atoms with Crippen LogP contribution in [-0.4, -0.2) is 5.16 Å². The molecule has 3 heteroatoms. The maximum absolute atomic E-state index is 5.98. The lowest BCUT2D eigenvalue weighted by Crippen LogP contribution is -2.14. The average molecular weight is 278 g/mol. The highest BCUT2D eigenvalue weighted by molar-refractivity contribution is 5.42. The molecular weight excluding hydrogens is 248 g/mol. The summed E-state index contributed by atoms with van der Waals surface area (Å²) in [4.78, 5) is 0. The van der Waals surface area contributed by atoms with Gasteiger partial charge in [0.05, 0.1) is 0 Å². The van der Waals surface area contributed by atoms with E-state index in [0.29, 0.717) is 17.7 Å². The van der Waals surface area contributed by atoms with Crippen LogP contribution in [0.1, 0.15) is 83.0 Å². The van der Waals surface area contributed by atoms with Gasteiger partial charge < -0.3 is 10.3 Å². The standard InChI is InChI=1S/C17H30N2O/c1-4-5-6-13-7-9-14(10-8-13)16-15(11-12(2)3)17(18)19-20-16/h12-14H,4-11H2,1-3H3,(H2,18,19). The number of nitrogen functional groups attached to an aromatic ring is 1. The summed E-state index contributed by atoms with van der Waals surface area (Å²) in [5.74, 6) is 3.77. The summed E-state index contributed by atoms with van der Waals surface area (Å²) in [6.07, 6.45) is 10.3. The van der Waals surface area contributed by atoms with Gasteiger partial charge in [-0.15, -0.1) is 0 Å². The van der Waals surface area contributed by atoms with E-state index in [0.717, 1.165) is 18.1 Å². The number of rotatable bonds is 6. The Bertz CT molecular complexity index is 403. The van der Waals surface area contributed by atoms with Gasteiger partial charge in [0.15, 0.2) is 5.82 Å². The van der Waals surface area contributed by atoms with E-state index in [4.69, 9.17) is 10.3 Å². The minimum Gasteiger partial charge on any atom is -0.381 e. The van der Waals surface area contributed by atoms with Crippen LogP contribution in [-0.2, 0) is 6.42 Å². The van der Waals surface area contributed by atoms with Crippen molar-refractivity contribution in [1.82, 2.24) is 5.16 Å². The molecule has 1 saturated carbocycles. The average Bonchev–Trinajstić information content (AvgIpc) is 2.78. The second-order valence-corrected chi connectivity index (χ2v) is 6.87. The van der Waals surface area contributed by atoms with E-state index in [9.17, 15) is 0 Å². The first-order valence-electron chi connectivity index (χ1n) is 8.35. The third-order valence-electron chi connectivity index (χ3n) is 4.64. The molecule has 0 radical (unpaired) electrons. The van der Waals surface area contributed by atoms with Crippen molar-refractivity contribution in [3.8, 4) is 0 Å². The quantitative estimate of drug-likeness (QED) is 0.803. The van der Waals surface area contributed by atoms with E-state index in [-0.39, 0.29) is 0 Å². The Morgan fingerprint density at radius 1 is 1.25 bits per heavy atom. The maximum Gasteiger partial charge on any atom is 0.170 e. The minimum absolute atomic E-state index is 0.548. The molecule has 1 aromatic rings. The summed E-state index contributed by atoms with van der Waals surface area (Å²) < 4.78 is 5.58. The highest BCUT2D eigenvalue weighted by atomic mass is 16.5. The molecule has 3 nitrogen and oxygen atoms in total. The zero-order valence-corrected chi connectivity index (χ0v) is 13.3. The molecule has 114 valence electrons. The molecule has 0 amide bonds. The molecule has 1 aromatic heterocycles. The molecule has 0 bridgehead atoms. The molecule has 2 N–H and O–H groups in total. The third kappa shape index (κ3) is 3.77. The first-order valence-corrected chi connectivity index (χ1v) is 8.35. The van der Waals surface area contributed by atoms with Crippen molar-refractivity contribution in [2.24, 2.45) is 11.8 Å². The van der Waals surface area contributed by atoms with E-state index in [1.807, 2.05) is 0 Å². The number of unbranched alkanes of at least 4 members (excludes halogenated alkanes) is 1. The van der Waals surface area contributed by atoms with Gasteiger partial charge in [0, 0.05) is 11.5 Å². The molecular formula is C17H30N2O. The van der Waals surface area contributed by atoms with E-state index in [2.05, 4.69) is 25.9 Å². The van der Waals surface area contributed by atoms with Gasteiger partial charge in [-0.2, -0.15) is 0 Å². The van der Waals surface area contributed by atoms with Gasteiger partial charge in [0.25, 0.3) is 0 Å². The first kappa shape index (κ1) is 15.4. The minimum atomic E-state index is 0.548. The van der Waals surface area contributed by atoms with E-state index < -0.39 is 0 Å². The highest BCUT2D eigenvalue weighted by Crippen LogP contribution is 2.40. The van der Waals surface area contributed by atoms with Crippen LogP contribution >= 0.6 is 0 Å². The fourth-order valence-electron chi connectivity index (χ4n) is 3.48. The second-order valence-electron chi connectivity index (χ2n) is 6.87. The van der Waals surface area contributed by atoms with Crippen molar-refractivity contribution in [2.45, 2.75) is 78.1 Å². The van der Waals surface area contributed by atoms with Gasteiger partial charge >= 0.3 is 0 Å². The van der Waals surface area contributed by atoms with Crippen LogP contribution in [0.15, 0.2) is 4.52 Å². The number of hydrogen-bond acceptors (Lipinski definition) is 3. The van der Waals surface area contributed by atoms with E-state index >= 15 is 0 Å². The van der Waals surface area contributed by atoms with Gasteiger partial charge in [0.2, 0.25) is 0 Å². The summed E-state index contributed by atoms with van der Waals surface area (Å²) in [7, 11) is 0. The van der Waals surface area contributed by atoms with Crippen molar-refractivity contribution in [3.05, 3.63) is 11.3 Å². The Kier molecular flexibility index (Phi) is 5.50. The summed E-state index contributed by atoms with van der Waals surface area (Å²) in [5.41, 5.74) is 7.16. The molecule has 1 fully saturated rings. The third-order valence-corrected chi connectivity index (χ3v) is 4.64. The number of aromatic nitrogens is 1. The zero-order chi connectivity index (χ0) is 14.5. The van der Waals surface area contributed by atoms with E-state index in [1.165, 1.54) is 50.5 Å². The maximum atomic E-state index is 5.98. The largest absolute Gasteiger partial charge is 0.381 e. The lowest BCUT2D eigenvalue weighted by molar-refractivity contribution is 0.264. The monoisotopic (exact) mass is 278 g/mol. The summed E-state index contributed by atoms with van der Waals surface area (Å²) in [6.45, 7) is 6.72. The van der Waals surface area contributed by atoms with Crippen LogP contribution in [0.2, 0.25) is 0 Å². The zero-order valence-electron chi connectivity index (χ0n) is 13.3. The van der Waals surface area contributed by atoms with Gasteiger partial charge in [-0.1, -0.05) is 45.2 Å². The molecule has 0 atom stereocenters. The molecule has 0 aliphatic heterocycles. The van der Waals surface area contributed by atoms with Gasteiger partial charge in [-0.25, -0.2) is 0 Å². The first-order chi connectivity index (χ1) is 9.61. The van der Waals surface area contributed by atoms with Crippen molar-refractivity contribution in [1.29, 1.82) is 0 Å². The number of nitrogens with two attached hydrogens (primary N) is 1. The fraction of sp³-hybridized carbons (Fsp3) is 0.824. The second kappa shape index (κ2) is 7.14. The SMILES string of the molecule is CCCCC1CCC(c2onc(N)c2CC(C)C)CC1. The summed E-state index contributed by atoms with van der Waals surface area (Å²) in [5, 5.41) is 4.02. The van der Waals surface area contributed by atoms with Gasteiger partial charge in [-0.05, 0) is 43.9 Å².